The second kappa shape index (κ2) is 10.0. The lowest BCUT2D eigenvalue weighted by Crippen LogP contribution is -2.48. The van der Waals surface area contributed by atoms with Crippen molar-refractivity contribution in [3.05, 3.63) is 0 Å². The molecular formula is C17H32IN3O2. The quantitative estimate of drug-likeness (QED) is 0.228. The minimum Gasteiger partial charge on any atom is -0.376 e. The van der Waals surface area contributed by atoms with E-state index in [-0.39, 0.29) is 24.0 Å². The second-order valence-electron chi connectivity index (χ2n) is 6.84. The van der Waals surface area contributed by atoms with Gasteiger partial charge in [-0.3, -0.25) is 4.99 Å². The fraction of sp³-hybridized carbons (Fsp3) is 0.941. The molecule has 134 valence electrons. The number of guanidine groups is 1. The molecule has 0 aromatic rings. The van der Waals surface area contributed by atoms with Crippen molar-refractivity contribution >= 4 is 29.9 Å². The number of halogens is 1. The lowest BCUT2D eigenvalue weighted by Gasteiger charge is -2.23. The molecule has 2 heterocycles. The molecule has 0 amide bonds. The number of fused-ring (bicyclic) bond motifs is 2. The van der Waals surface area contributed by atoms with Gasteiger partial charge in [-0.05, 0) is 32.1 Å². The Hall–Kier alpha value is -0.0800. The molecule has 23 heavy (non-hydrogen) atoms. The van der Waals surface area contributed by atoms with Gasteiger partial charge in [-0.1, -0.05) is 25.7 Å². The lowest BCUT2D eigenvalue weighted by molar-refractivity contribution is 0.0467. The summed E-state index contributed by atoms with van der Waals surface area (Å²) in [5, 5.41) is 6.87. The number of hydrogen-bond donors (Lipinski definition) is 2. The van der Waals surface area contributed by atoms with Crippen LogP contribution in [0.3, 0.4) is 0 Å². The number of aliphatic imine (C=N–C) groups is 1. The van der Waals surface area contributed by atoms with Gasteiger partial charge in [-0.2, -0.15) is 0 Å². The SMILES string of the molecule is CN=C(NCCOC1CCCCCC1)NC1CC2CCC1O2.I. The Morgan fingerprint density at radius 2 is 1.91 bits per heavy atom. The van der Waals surface area contributed by atoms with E-state index in [2.05, 4.69) is 15.6 Å². The highest BCUT2D eigenvalue weighted by Crippen LogP contribution is 2.34. The van der Waals surface area contributed by atoms with Gasteiger partial charge in [-0.15, -0.1) is 24.0 Å². The van der Waals surface area contributed by atoms with Crippen LogP contribution in [0.15, 0.2) is 4.99 Å². The predicted octanol–water partition coefficient (Wildman–Crippen LogP) is 2.83. The highest BCUT2D eigenvalue weighted by Gasteiger charge is 2.41. The Kier molecular flexibility index (Phi) is 8.40. The van der Waals surface area contributed by atoms with Crippen molar-refractivity contribution in [1.82, 2.24) is 10.6 Å². The van der Waals surface area contributed by atoms with Gasteiger partial charge in [0.2, 0.25) is 0 Å². The van der Waals surface area contributed by atoms with Gasteiger partial charge in [0.25, 0.3) is 0 Å². The number of nitrogens with one attached hydrogen (secondary N) is 2. The third-order valence-corrected chi connectivity index (χ3v) is 5.20. The van der Waals surface area contributed by atoms with E-state index in [9.17, 15) is 0 Å². The molecule has 1 aliphatic carbocycles. The number of ether oxygens (including phenoxy) is 2. The van der Waals surface area contributed by atoms with Crippen molar-refractivity contribution in [3.8, 4) is 0 Å². The zero-order chi connectivity index (χ0) is 15.2. The molecule has 3 rings (SSSR count). The Morgan fingerprint density at radius 3 is 2.52 bits per heavy atom. The smallest absolute Gasteiger partial charge is 0.191 e. The molecule has 3 aliphatic rings. The summed E-state index contributed by atoms with van der Waals surface area (Å²) in [5.74, 6) is 0.880. The van der Waals surface area contributed by atoms with Crippen molar-refractivity contribution in [3.63, 3.8) is 0 Å². The van der Waals surface area contributed by atoms with E-state index >= 15 is 0 Å². The van der Waals surface area contributed by atoms with Crippen molar-refractivity contribution in [2.45, 2.75) is 82.1 Å². The predicted molar refractivity (Wildman–Crippen MR) is 104 cm³/mol. The van der Waals surface area contributed by atoms with Crippen LogP contribution in [0.25, 0.3) is 0 Å². The van der Waals surface area contributed by atoms with E-state index in [4.69, 9.17) is 9.47 Å². The van der Waals surface area contributed by atoms with Gasteiger partial charge in [0.05, 0.1) is 31.0 Å². The zero-order valence-corrected chi connectivity index (χ0v) is 16.6. The third-order valence-electron chi connectivity index (χ3n) is 5.20. The summed E-state index contributed by atoms with van der Waals surface area (Å²) >= 11 is 0. The van der Waals surface area contributed by atoms with E-state index < -0.39 is 0 Å². The van der Waals surface area contributed by atoms with Crippen molar-refractivity contribution < 1.29 is 9.47 Å². The number of rotatable bonds is 5. The third kappa shape index (κ3) is 5.74. The molecule has 0 spiro atoms. The molecule has 0 radical (unpaired) electrons. The van der Waals surface area contributed by atoms with Crippen LogP contribution >= 0.6 is 24.0 Å². The summed E-state index contributed by atoms with van der Waals surface area (Å²) < 4.78 is 11.9. The van der Waals surface area contributed by atoms with Gasteiger partial charge in [0, 0.05) is 13.6 Å². The highest BCUT2D eigenvalue weighted by molar-refractivity contribution is 14.0. The Morgan fingerprint density at radius 1 is 1.13 bits per heavy atom. The maximum absolute atomic E-state index is 6.01. The molecule has 5 nitrogen and oxygen atoms in total. The van der Waals surface area contributed by atoms with E-state index in [1.807, 2.05) is 7.05 Å². The largest absolute Gasteiger partial charge is 0.376 e. The van der Waals surface area contributed by atoms with Gasteiger partial charge in [0.15, 0.2) is 5.96 Å². The van der Waals surface area contributed by atoms with E-state index in [0.29, 0.717) is 24.4 Å². The first kappa shape index (κ1) is 19.2. The van der Waals surface area contributed by atoms with Crippen molar-refractivity contribution in [2.75, 3.05) is 20.2 Å². The van der Waals surface area contributed by atoms with Gasteiger partial charge in [-0.25, -0.2) is 0 Å². The first-order chi connectivity index (χ1) is 10.8. The van der Waals surface area contributed by atoms with Crippen LogP contribution < -0.4 is 10.6 Å². The minimum absolute atomic E-state index is 0. The van der Waals surface area contributed by atoms with Crippen LogP contribution in [0.2, 0.25) is 0 Å². The van der Waals surface area contributed by atoms with Gasteiger partial charge >= 0.3 is 0 Å². The van der Waals surface area contributed by atoms with Crippen molar-refractivity contribution in [2.24, 2.45) is 4.99 Å². The summed E-state index contributed by atoms with van der Waals surface area (Å²) in [6.45, 7) is 1.58. The number of nitrogens with zero attached hydrogens (tertiary/aromatic N) is 1. The van der Waals surface area contributed by atoms with Gasteiger partial charge < -0.3 is 20.1 Å². The summed E-state index contributed by atoms with van der Waals surface area (Å²) in [4.78, 5) is 4.32. The summed E-state index contributed by atoms with van der Waals surface area (Å²) in [7, 11) is 1.83. The van der Waals surface area contributed by atoms with Gasteiger partial charge in [0.1, 0.15) is 0 Å². The van der Waals surface area contributed by atoms with E-state index in [0.717, 1.165) is 25.5 Å². The standard InChI is InChI=1S/C17H31N3O2.HI/c1-18-17(20-15-12-14-8-9-16(15)22-14)19-10-11-21-13-6-4-2-3-5-7-13;/h13-16H,2-12H2,1H3,(H2,18,19,20);1H. The molecule has 3 atom stereocenters. The lowest BCUT2D eigenvalue weighted by atomic mass is 9.96. The number of hydrogen-bond acceptors (Lipinski definition) is 3. The molecule has 3 unspecified atom stereocenters. The van der Waals surface area contributed by atoms with Crippen LogP contribution in [0, 0.1) is 0 Å². The Labute approximate surface area is 157 Å². The molecular weight excluding hydrogens is 405 g/mol. The van der Waals surface area contributed by atoms with Crippen molar-refractivity contribution in [1.29, 1.82) is 0 Å². The highest BCUT2D eigenvalue weighted by atomic mass is 127. The maximum Gasteiger partial charge on any atom is 0.191 e. The molecule has 2 saturated heterocycles. The molecule has 2 N–H and O–H groups in total. The average Bonchev–Trinajstić information content (AvgIpc) is 3.05. The molecule has 1 saturated carbocycles. The van der Waals surface area contributed by atoms with Crippen LogP contribution in [0.1, 0.15) is 57.8 Å². The van der Waals surface area contributed by atoms with E-state index in [1.165, 1.54) is 51.4 Å². The molecule has 2 bridgehead atoms. The molecule has 0 aromatic heterocycles. The fourth-order valence-electron chi connectivity index (χ4n) is 3.96. The topological polar surface area (TPSA) is 54.9 Å². The average molecular weight is 437 g/mol. The second-order valence-corrected chi connectivity index (χ2v) is 6.84. The minimum atomic E-state index is 0. The Balaban J connectivity index is 0.00000192. The van der Waals surface area contributed by atoms with Crippen LogP contribution in [-0.2, 0) is 9.47 Å². The monoisotopic (exact) mass is 437 g/mol. The Bertz CT molecular complexity index is 373. The van der Waals surface area contributed by atoms with Crippen LogP contribution in [-0.4, -0.2) is 50.5 Å². The fourth-order valence-corrected chi connectivity index (χ4v) is 3.96. The van der Waals surface area contributed by atoms with E-state index in [1.54, 1.807) is 0 Å². The summed E-state index contributed by atoms with van der Waals surface area (Å²) in [6, 6.07) is 0.424. The zero-order valence-electron chi connectivity index (χ0n) is 14.3. The molecule has 0 aromatic carbocycles. The first-order valence-corrected chi connectivity index (χ1v) is 9.09. The molecule has 6 heteroatoms. The molecule has 3 fully saturated rings. The van der Waals surface area contributed by atoms with Crippen LogP contribution in [0.5, 0.6) is 0 Å². The normalized spacial score (nSPS) is 31.5. The maximum atomic E-state index is 6.01. The first-order valence-electron chi connectivity index (χ1n) is 9.09. The summed E-state index contributed by atoms with van der Waals surface area (Å²) in [6.07, 6.45) is 12.7. The molecule has 2 aliphatic heterocycles. The summed E-state index contributed by atoms with van der Waals surface area (Å²) in [5.41, 5.74) is 0. The van der Waals surface area contributed by atoms with Crippen LogP contribution in [0.4, 0.5) is 0 Å².